The van der Waals surface area contributed by atoms with Crippen molar-refractivity contribution in [3.63, 3.8) is 0 Å². The molecule has 1 atom stereocenters. The molecule has 3 rings (SSSR count). The van der Waals surface area contributed by atoms with E-state index in [1.165, 1.54) is 0 Å². The fraction of sp³-hybridized carbons (Fsp3) is 0.538. The van der Waals surface area contributed by atoms with Gasteiger partial charge in [0, 0.05) is 0 Å². The molecule has 1 aromatic heterocycles. The Hall–Kier alpha value is -1.43. The molecular formula is C13H17N3O2S. The van der Waals surface area contributed by atoms with Crippen molar-refractivity contribution in [2.45, 2.75) is 30.7 Å². The average molecular weight is 279 g/mol. The summed E-state index contributed by atoms with van der Waals surface area (Å²) in [5.41, 5.74) is 7.00. The molecule has 2 aliphatic rings. The summed E-state index contributed by atoms with van der Waals surface area (Å²) >= 11 is 1.66. The minimum atomic E-state index is -0.463. The van der Waals surface area contributed by atoms with Crippen molar-refractivity contribution in [2.75, 3.05) is 23.8 Å². The van der Waals surface area contributed by atoms with Crippen LogP contribution in [0.1, 0.15) is 20.8 Å². The third-order valence-electron chi connectivity index (χ3n) is 3.27. The summed E-state index contributed by atoms with van der Waals surface area (Å²) < 4.78 is 5.44. The molecule has 0 saturated carbocycles. The summed E-state index contributed by atoms with van der Waals surface area (Å²) in [5, 5.41) is 0.965. The maximum absolute atomic E-state index is 11.8. The standard InChI is InChI=1S/C13H17N3O2S/c1-12(2,3)11(17)18-7-13-6-16(13)9-4-8(14)5-15-10(9)19-13/h4-5H,6-7,14H2,1-3H3. The van der Waals surface area contributed by atoms with Crippen molar-refractivity contribution in [1.29, 1.82) is 0 Å². The number of nitrogens with zero attached hydrogens (tertiary/aromatic N) is 2. The van der Waals surface area contributed by atoms with Crippen molar-refractivity contribution >= 4 is 29.1 Å². The number of carbonyl (C=O) groups excluding carboxylic acids is 1. The van der Waals surface area contributed by atoms with Crippen molar-refractivity contribution < 1.29 is 9.53 Å². The van der Waals surface area contributed by atoms with Crippen LogP contribution in [0.15, 0.2) is 17.3 Å². The lowest BCUT2D eigenvalue weighted by molar-refractivity contribution is -0.153. The number of fused-ring (bicyclic) bond motifs is 3. The van der Waals surface area contributed by atoms with Crippen LogP contribution < -0.4 is 10.6 Å². The first-order valence-electron chi connectivity index (χ1n) is 6.21. The van der Waals surface area contributed by atoms with Crippen LogP contribution in [0, 0.1) is 5.41 Å². The molecule has 5 nitrogen and oxygen atoms in total. The maximum Gasteiger partial charge on any atom is 0.311 e. The number of hydrogen-bond donors (Lipinski definition) is 1. The highest BCUT2D eigenvalue weighted by Gasteiger charge is 2.60. The van der Waals surface area contributed by atoms with Crippen LogP contribution >= 0.6 is 11.8 Å². The molecular weight excluding hydrogens is 262 g/mol. The van der Waals surface area contributed by atoms with Crippen LogP contribution in [0.3, 0.4) is 0 Å². The Labute approximate surface area is 116 Å². The molecule has 0 spiro atoms. The summed E-state index contributed by atoms with van der Waals surface area (Å²) in [6.45, 7) is 6.85. The molecule has 2 aliphatic heterocycles. The zero-order valence-electron chi connectivity index (χ0n) is 11.3. The van der Waals surface area contributed by atoms with Gasteiger partial charge in [-0.2, -0.15) is 0 Å². The molecule has 1 saturated heterocycles. The van der Waals surface area contributed by atoms with Crippen molar-refractivity contribution in [2.24, 2.45) is 5.41 Å². The Bertz CT molecular complexity index is 555. The number of nitrogens with two attached hydrogens (primary N) is 1. The number of thioether (sulfide) groups is 1. The maximum atomic E-state index is 11.8. The lowest BCUT2D eigenvalue weighted by Crippen LogP contribution is -2.28. The number of ether oxygens (including phenoxy) is 1. The predicted molar refractivity (Wildman–Crippen MR) is 75.0 cm³/mol. The molecule has 1 unspecified atom stereocenters. The molecule has 0 aliphatic carbocycles. The topological polar surface area (TPSA) is 68.2 Å². The normalized spacial score (nSPS) is 23.8. The summed E-state index contributed by atoms with van der Waals surface area (Å²) in [7, 11) is 0. The molecule has 0 amide bonds. The first-order chi connectivity index (χ1) is 8.82. The van der Waals surface area contributed by atoms with Crippen LogP contribution in [0.2, 0.25) is 0 Å². The molecule has 1 fully saturated rings. The number of nitrogen functional groups attached to an aromatic ring is 1. The van der Waals surface area contributed by atoms with Crippen LogP contribution in [0.5, 0.6) is 0 Å². The third kappa shape index (κ3) is 2.04. The lowest BCUT2D eigenvalue weighted by atomic mass is 9.97. The van der Waals surface area contributed by atoms with Gasteiger partial charge < -0.3 is 15.4 Å². The van der Waals surface area contributed by atoms with E-state index < -0.39 is 5.41 Å². The molecule has 19 heavy (non-hydrogen) atoms. The largest absolute Gasteiger partial charge is 0.462 e. The summed E-state index contributed by atoms with van der Waals surface area (Å²) in [6, 6.07) is 1.93. The number of rotatable bonds is 2. The average Bonchev–Trinajstić information content (AvgIpc) is 2.95. The SMILES string of the molecule is CC(C)(C)C(=O)OCC12CN1c1cc(N)cnc1S2. The second kappa shape index (κ2) is 3.79. The van der Waals surface area contributed by atoms with Gasteiger partial charge in [-0.3, -0.25) is 4.79 Å². The van der Waals surface area contributed by atoms with E-state index in [4.69, 9.17) is 10.5 Å². The quantitative estimate of drug-likeness (QED) is 0.658. The second-order valence-corrected chi connectivity index (χ2v) is 7.40. The molecule has 6 heteroatoms. The summed E-state index contributed by atoms with van der Waals surface area (Å²) in [6.07, 6.45) is 1.66. The molecule has 0 aromatic carbocycles. The zero-order valence-corrected chi connectivity index (χ0v) is 12.1. The van der Waals surface area contributed by atoms with Crippen molar-refractivity contribution in [3.8, 4) is 0 Å². The first kappa shape index (κ1) is 12.6. The lowest BCUT2D eigenvalue weighted by Gasteiger charge is -2.18. The molecule has 0 radical (unpaired) electrons. The van der Waals surface area contributed by atoms with Gasteiger partial charge in [-0.1, -0.05) is 11.8 Å². The van der Waals surface area contributed by atoms with Crippen molar-refractivity contribution in [1.82, 2.24) is 4.98 Å². The van der Waals surface area contributed by atoms with Crippen LogP contribution in [0.4, 0.5) is 11.4 Å². The van der Waals surface area contributed by atoms with Gasteiger partial charge in [-0.25, -0.2) is 4.98 Å². The zero-order chi connectivity index (χ0) is 13.8. The first-order valence-corrected chi connectivity index (χ1v) is 7.03. The Morgan fingerprint density at radius 2 is 2.37 bits per heavy atom. The van der Waals surface area contributed by atoms with Crippen LogP contribution in [-0.2, 0) is 9.53 Å². The molecule has 102 valence electrons. The van der Waals surface area contributed by atoms with Gasteiger partial charge in [0.1, 0.15) is 16.5 Å². The Balaban J connectivity index is 1.69. The van der Waals surface area contributed by atoms with Crippen LogP contribution in [-0.4, -0.2) is 29.0 Å². The summed E-state index contributed by atoms with van der Waals surface area (Å²) in [4.78, 5) is 18.2. The van der Waals surface area contributed by atoms with Crippen molar-refractivity contribution in [3.05, 3.63) is 12.3 Å². The minimum absolute atomic E-state index is 0.149. The highest BCUT2D eigenvalue weighted by Crippen LogP contribution is 2.59. The fourth-order valence-corrected chi connectivity index (χ4v) is 3.32. The Kier molecular flexibility index (Phi) is 2.51. The molecule has 3 heterocycles. The van der Waals surface area contributed by atoms with E-state index in [2.05, 4.69) is 9.88 Å². The van der Waals surface area contributed by atoms with Gasteiger partial charge in [0.05, 0.1) is 29.5 Å². The second-order valence-electron chi connectivity index (χ2n) is 6.05. The van der Waals surface area contributed by atoms with Gasteiger partial charge >= 0.3 is 5.97 Å². The highest BCUT2D eigenvalue weighted by atomic mass is 32.2. The Morgan fingerprint density at radius 1 is 1.63 bits per heavy atom. The van der Waals surface area contributed by atoms with E-state index in [1.807, 2.05) is 26.8 Å². The van der Waals surface area contributed by atoms with Gasteiger partial charge in [0.2, 0.25) is 0 Å². The van der Waals surface area contributed by atoms with E-state index in [0.717, 1.165) is 17.3 Å². The third-order valence-corrected chi connectivity index (χ3v) is 4.62. The highest BCUT2D eigenvalue weighted by molar-refractivity contribution is 8.01. The van der Waals surface area contributed by atoms with Gasteiger partial charge in [-0.05, 0) is 26.8 Å². The molecule has 2 N–H and O–H groups in total. The fourth-order valence-electron chi connectivity index (χ4n) is 2.06. The monoisotopic (exact) mass is 279 g/mol. The number of anilines is 2. The predicted octanol–water partition coefficient (Wildman–Crippen LogP) is 1.88. The summed E-state index contributed by atoms with van der Waals surface area (Å²) in [5.74, 6) is -0.169. The Morgan fingerprint density at radius 3 is 3.05 bits per heavy atom. The van der Waals surface area contributed by atoms with E-state index in [9.17, 15) is 4.79 Å². The van der Waals surface area contributed by atoms with Gasteiger partial charge in [-0.15, -0.1) is 0 Å². The number of aromatic nitrogens is 1. The van der Waals surface area contributed by atoms with Gasteiger partial charge in [0.15, 0.2) is 0 Å². The number of esters is 1. The molecule has 1 aromatic rings. The minimum Gasteiger partial charge on any atom is -0.462 e. The van der Waals surface area contributed by atoms with E-state index in [1.54, 1.807) is 18.0 Å². The van der Waals surface area contributed by atoms with E-state index >= 15 is 0 Å². The number of hydrogen-bond acceptors (Lipinski definition) is 6. The molecule has 0 bridgehead atoms. The number of pyridine rings is 1. The van der Waals surface area contributed by atoms with Gasteiger partial charge in [0.25, 0.3) is 0 Å². The number of carbonyl (C=O) groups is 1. The van der Waals surface area contributed by atoms with Crippen LogP contribution in [0.25, 0.3) is 0 Å². The smallest absolute Gasteiger partial charge is 0.311 e. The van der Waals surface area contributed by atoms with E-state index in [0.29, 0.717) is 12.3 Å². The van der Waals surface area contributed by atoms with E-state index in [-0.39, 0.29) is 10.8 Å².